The molecule has 456 valence electrons. The molecule has 0 fully saturated rings. The molecule has 0 aromatic rings. The van der Waals surface area contributed by atoms with Crippen molar-refractivity contribution in [3.05, 3.63) is 85.1 Å². The highest BCUT2D eigenvalue weighted by molar-refractivity contribution is 5.71. The standard InChI is InChI=1S/C73H128O6/c1-4-7-10-13-16-19-22-25-26-27-28-29-30-31-32-33-34-35-36-37-38-39-40-41-42-43-44-45-46-49-51-54-57-60-63-66-72(75)78-69-70(79-73(76)67-64-61-58-55-52-48-24-21-18-15-12-9-6-3)68-77-71(74)65-62-59-56-53-50-47-23-20-17-14-11-8-5-2/h7,10,16,19,21,24-26,28-29,31-32,34-35,70H,4-6,8-9,11-15,17-18,20,22-23,27,30,33,36-69H2,1-3H3/b10-7-,19-16-,24-21-,26-25-,29-28-,32-31-,35-34-. The zero-order valence-electron chi connectivity index (χ0n) is 52.4. The predicted molar refractivity (Wildman–Crippen MR) is 344 cm³/mol. The predicted octanol–water partition coefficient (Wildman–Crippen LogP) is 23.4. The Labute approximate surface area is 490 Å². The van der Waals surface area contributed by atoms with Crippen LogP contribution in [0, 0.1) is 0 Å². The number of esters is 3. The van der Waals surface area contributed by atoms with Gasteiger partial charge in [0.2, 0.25) is 0 Å². The van der Waals surface area contributed by atoms with Gasteiger partial charge in [0.1, 0.15) is 13.2 Å². The molecule has 1 unspecified atom stereocenters. The Morgan fingerprint density at radius 1 is 0.266 bits per heavy atom. The molecule has 0 heterocycles. The number of ether oxygens (including phenoxy) is 3. The second-order valence-corrected chi connectivity index (χ2v) is 22.7. The Hall–Kier alpha value is -3.41. The lowest BCUT2D eigenvalue weighted by atomic mass is 10.0. The highest BCUT2D eigenvalue weighted by Gasteiger charge is 2.19. The van der Waals surface area contributed by atoms with Crippen LogP contribution in [0.1, 0.15) is 342 Å². The molecule has 1 atom stereocenters. The van der Waals surface area contributed by atoms with Gasteiger partial charge in [0.25, 0.3) is 0 Å². The van der Waals surface area contributed by atoms with Gasteiger partial charge < -0.3 is 14.2 Å². The molecule has 0 amide bonds. The highest BCUT2D eigenvalue weighted by atomic mass is 16.6. The van der Waals surface area contributed by atoms with Crippen molar-refractivity contribution in [2.24, 2.45) is 0 Å². The number of hydrogen-bond donors (Lipinski definition) is 0. The molecule has 0 saturated heterocycles. The lowest BCUT2D eigenvalue weighted by Gasteiger charge is -2.18. The first-order valence-electron chi connectivity index (χ1n) is 34.1. The summed E-state index contributed by atoms with van der Waals surface area (Å²) >= 11 is 0. The average Bonchev–Trinajstić information content (AvgIpc) is 3.45. The van der Waals surface area contributed by atoms with E-state index in [1.165, 1.54) is 199 Å². The van der Waals surface area contributed by atoms with Crippen LogP contribution in [-0.2, 0) is 28.6 Å². The van der Waals surface area contributed by atoms with Gasteiger partial charge in [-0.3, -0.25) is 14.4 Å². The van der Waals surface area contributed by atoms with Crippen LogP contribution in [0.3, 0.4) is 0 Å². The van der Waals surface area contributed by atoms with Crippen LogP contribution in [0.25, 0.3) is 0 Å². The number of carbonyl (C=O) groups excluding carboxylic acids is 3. The summed E-state index contributed by atoms with van der Waals surface area (Å²) < 4.78 is 16.9. The molecule has 0 rings (SSSR count). The van der Waals surface area contributed by atoms with Gasteiger partial charge in [-0.25, -0.2) is 0 Å². The zero-order valence-corrected chi connectivity index (χ0v) is 52.4. The Kier molecular flexibility index (Phi) is 64.2. The summed E-state index contributed by atoms with van der Waals surface area (Å²) in [6.45, 7) is 6.54. The van der Waals surface area contributed by atoms with Crippen LogP contribution >= 0.6 is 0 Å². The molecule has 0 bridgehead atoms. The maximum atomic E-state index is 12.9. The van der Waals surface area contributed by atoms with E-state index >= 15 is 0 Å². The summed E-state index contributed by atoms with van der Waals surface area (Å²) in [6.07, 6.45) is 89.0. The average molecular weight is 1100 g/mol. The molecule has 79 heavy (non-hydrogen) atoms. The Morgan fingerprint density at radius 3 is 0.797 bits per heavy atom. The van der Waals surface area contributed by atoms with Crippen molar-refractivity contribution in [1.82, 2.24) is 0 Å². The van der Waals surface area contributed by atoms with Gasteiger partial charge in [0.05, 0.1) is 0 Å². The van der Waals surface area contributed by atoms with Crippen molar-refractivity contribution in [2.45, 2.75) is 348 Å². The number of carbonyl (C=O) groups is 3. The summed E-state index contributed by atoms with van der Waals surface area (Å²) in [4.78, 5) is 38.3. The van der Waals surface area contributed by atoms with E-state index in [0.717, 1.165) is 103 Å². The summed E-state index contributed by atoms with van der Waals surface area (Å²) in [5.41, 5.74) is 0. The first kappa shape index (κ1) is 75.6. The SMILES string of the molecule is CC/C=C\C/C=C\C/C=C\C/C=C\C/C=C\C/C=C\CCCCCCCCCCCCCCCCCCC(=O)OCC(COC(=O)CCCCCCCCCCCCCCC)OC(=O)CCCCCCC/C=C\CCCCCC. The van der Waals surface area contributed by atoms with E-state index in [-0.39, 0.29) is 31.1 Å². The molecule has 6 heteroatoms. The fourth-order valence-electron chi connectivity index (χ4n) is 9.80. The van der Waals surface area contributed by atoms with E-state index in [2.05, 4.69) is 106 Å². The number of hydrogen-bond acceptors (Lipinski definition) is 6. The zero-order chi connectivity index (χ0) is 57.1. The molecule has 0 aliphatic heterocycles. The van der Waals surface area contributed by atoms with E-state index in [4.69, 9.17) is 14.2 Å². The lowest BCUT2D eigenvalue weighted by molar-refractivity contribution is -0.167. The quantitative estimate of drug-likeness (QED) is 0.0261. The van der Waals surface area contributed by atoms with E-state index < -0.39 is 6.10 Å². The van der Waals surface area contributed by atoms with Crippen molar-refractivity contribution < 1.29 is 28.6 Å². The minimum Gasteiger partial charge on any atom is -0.462 e. The van der Waals surface area contributed by atoms with Gasteiger partial charge in [-0.05, 0) is 96.3 Å². The molecule has 6 nitrogen and oxygen atoms in total. The fraction of sp³-hybridized carbons (Fsp3) is 0.767. The van der Waals surface area contributed by atoms with Crippen molar-refractivity contribution in [3.8, 4) is 0 Å². The van der Waals surface area contributed by atoms with E-state index in [1.807, 2.05) is 0 Å². The highest BCUT2D eigenvalue weighted by Crippen LogP contribution is 2.17. The van der Waals surface area contributed by atoms with Gasteiger partial charge in [-0.15, -0.1) is 0 Å². The Morgan fingerprint density at radius 2 is 0.494 bits per heavy atom. The topological polar surface area (TPSA) is 78.9 Å². The van der Waals surface area contributed by atoms with E-state index in [1.54, 1.807) is 0 Å². The first-order chi connectivity index (χ1) is 39.0. The molecule has 0 aromatic heterocycles. The molecule has 0 aromatic carbocycles. The van der Waals surface area contributed by atoms with Gasteiger partial charge in [-0.2, -0.15) is 0 Å². The first-order valence-corrected chi connectivity index (χ1v) is 34.1. The normalized spacial score (nSPS) is 12.6. The summed E-state index contributed by atoms with van der Waals surface area (Å²) in [6, 6.07) is 0. The van der Waals surface area contributed by atoms with Crippen molar-refractivity contribution in [3.63, 3.8) is 0 Å². The second-order valence-electron chi connectivity index (χ2n) is 22.7. The molecule has 0 N–H and O–H groups in total. The smallest absolute Gasteiger partial charge is 0.306 e. The maximum Gasteiger partial charge on any atom is 0.306 e. The number of allylic oxidation sites excluding steroid dienone is 14. The third-order valence-electron chi connectivity index (χ3n) is 14.9. The van der Waals surface area contributed by atoms with Crippen LogP contribution in [0.5, 0.6) is 0 Å². The number of rotatable bonds is 62. The monoisotopic (exact) mass is 1100 g/mol. The Balaban J connectivity index is 4.10. The van der Waals surface area contributed by atoms with Crippen LogP contribution in [0.4, 0.5) is 0 Å². The van der Waals surface area contributed by atoms with E-state index in [0.29, 0.717) is 19.3 Å². The minimum absolute atomic E-state index is 0.0737. The fourth-order valence-corrected chi connectivity index (χ4v) is 9.80. The molecular weight excluding hydrogens is 973 g/mol. The third-order valence-corrected chi connectivity index (χ3v) is 14.9. The summed E-state index contributed by atoms with van der Waals surface area (Å²) in [5, 5.41) is 0. The van der Waals surface area contributed by atoms with Crippen molar-refractivity contribution in [1.29, 1.82) is 0 Å². The van der Waals surface area contributed by atoms with Crippen LogP contribution < -0.4 is 0 Å². The second kappa shape index (κ2) is 67.1. The minimum atomic E-state index is -0.776. The van der Waals surface area contributed by atoms with Gasteiger partial charge >= 0.3 is 17.9 Å². The number of unbranched alkanes of at least 4 members (excludes halogenated alkanes) is 37. The summed E-state index contributed by atoms with van der Waals surface area (Å²) in [7, 11) is 0. The molecule has 0 radical (unpaired) electrons. The molecule has 0 saturated carbocycles. The maximum absolute atomic E-state index is 12.9. The van der Waals surface area contributed by atoms with Crippen molar-refractivity contribution >= 4 is 17.9 Å². The van der Waals surface area contributed by atoms with Crippen LogP contribution in [0.15, 0.2) is 85.1 Å². The molecule has 0 aliphatic carbocycles. The summed E-state index contributed by atoms with van der Waals surface area (Å²) in [5.74, 6) is -0.866. The van der Waals surface area contributed by atoms with Gasteiger partial charge in [0.15, 0.2) is 6.10 Å². The van der Waals surface area contributed by atoms with Crippen LogP contribution in [-0.4, -0.2) is 37.2 Å². The largest absolute Gasteiger partial charge is 0.462 e. The van der Waals surface area contributed by atoms with E-state index in [9.17, 15) is 14.4 Å². The Bertz CT molecular complexity index is 1500. The third kappa shape index (κ3) is 65.3. The van der Waals surface area contributed by atoms with Crippen LogP contribution in [0.2, 0.25) is 0 Å². The molecule has 0 aliphatic rings. The van der Waals surface area contributed by atoms with Gasteiger partial charge in [-0.1, -0.05) is 311 Å². The lowest BCUT2D eigenvalue weighted by Crippen LogP contribution is -2.30. The van der Waals surface area contributed by atoms with Gasteiger partial charge in [0, 0.05) is 19.3 Å². The van der Waals surface area contributed by atoms with Crippen molar-refractivity contribution in [2.75, 3.05) is 13.2 Å². The molecule has 0 spiro atoms. The molecular formula is C73H128O6.